The van der Waals surface area contributed by atoms with Gasteiger partial charge in [0.15, 0.2) is 6.29 Å². The van der Waals surface area contributed by atoms with E-state index in [1.807, 2.05) is 0 Å². The van der Waals surface area contributed by atoms with Gasteiger partial charge in [0.2, 0.25) is 10.0 Å². The number of hydrogen-bond donors (Lipinski definition) is 1. The zero-order valence-corrected chi connectivity index (χ0v) is 11.7. The van der Waals surface area contributed by atoms with Gasteiger partial charge in [-0.3, -0.25) is 4.79 Å². The molecule has 0 heterocycles. The van der Waals surface area contributed by atoms with E-state index in [2.05, 4.69) is 4.72 Å². The third kappa shape index (κ3) is 3.54. The summed E-state index contributed by atoms with van der Waals surface area (Å²) in [5.74, 6) is 0.347. The molecular formula is C12H17NO4S. The molecule has 0 spiro atoms. The van der Waals surface area contributed by atoms with Crippen LogP contribution in [0.25, 0.3) is 0 Å². The minimum Gasteiger partial charge on any atom is -0.496 e. The smallest absolute Gasteiger partial charge is 0.241 e. The maximum absolute atomic E-state index is 12.0. The molecule has 0 unspecified atom stereocenters. The molecule has 18 heavy (non-hydrogen) atoms. The molecular weight excluding hydrogens is 254 g/mol. The first-order valence-corrected chi connectivity index (χ1v) is 6.85. The van der Waals surface area contributed by atoms with E-state index >= 15 is 0 Å². The van der Waals surface area contributed by atoms with Gasteiger partial charge in [-0.15, -0.1) is 0 Å². The molecule has 0 fully saturated rings. The molecule has 1 rings (SSSR count). The fourth-order valence-electron chi connectivity index (χ4n) is 1.43. The van der Waals surface area contributed by atoms with E-state index in [1.165, 1.54) is 25.3 Å². The van der Waals surface area contributed by atoms with Gasteiger partial charge in [0, 0.05) is 5.54 Å². The molecule has 6 heteroatoms. The Morgan fingerprint density at radius 2 is 1.89 bits per heavy atom. The monoisotopic (exact) mass is 271 g/mol. The molecule has 100 valence electrons. The van der Waals surface area contributed by atoms with Crippen molar-refractivity contribution in [1.29, 1.82) is 0 Å². The Balaban J connectivity index is 3.22. The van der Waals surface area contributed by atoms with Crippen molar-refractivity contribution in [3.8, 4) is 5.75 Å². The van der Waals surface area contributed by atoms with Crippen LogP contribution in [-0.2, 0) is 10.0 Å². The molecule has 0 saturated heterocycles. The molecule has 0 radical (unpaired) electrons. The van der Waals surface area contributed by atoms with Gasteiger partial charge in [-0.25, -0.2) is 13.1 Å². The minimum atomic E-state index is -3.64. The predicted molar refractivity (Wildman–Crippen MR) is 68.5 cm³/mol. The van der Waals surface area contributed by atoms with E-state index in [0.717, 1.165) is 0 Å². The molecule has 0 amide bonds. The maximum atomic E-state index is 12.0. The lowest BCUT2D eigenvalue weighted by molar-refractivity contribution is 0.112. The summed E-state index contributed by atoms with van der Waals surface area (Å²) < 4.78 is 31.6. The fourth-order valence-corrected chi connectivity index (χ4v) is 2.89. The number of aldehydes is 1. The number of nitrogens with one attached hydrogen (secondary N) is 1. The van der Waals surface area contributed by atoms with Crippen LogP contribution >= 0.6 is 0 Å². The molecule has 1 aromatic carbocycles. The van der Waals surface area contributed by atoms with Crippen LogP contribution in [-0.4, -0.2) is 27.4 Å². The molecule has 5 nitrogen and oxygen atoms in total. The van der Waals surface area contributed by atoms with Crippen molar-refractivity contribution in [1.82, 2.24) is 4.72 Å². The van der Waals surface area contributed by atoms with Crippen LogP contribution in [0.4, 0.5) is 0 Å². The summed E-state index contributed by atoms with van der Waals surface area (Å²) in [6.07, 6.45) is 0.564. The van der Waals surface area contributed by atoms with Crippen molar-refractivity contribution in [3.05, 3.63) is 23.8 Å². The van der Waals surface area contributed by atoms with E-state index in [1.54, 1.807) is 20.8 Å². The Bertz CT molecular complexity index is 544. The van der Waals surface area contributed by atoms with Crippen molar-refractivity contribution in [2.45, 2.75) is 31.2 Å². The van der Waals surface area contributed by atoms with Gasteiger partial charge >= 0.3 is 0 Å². The first-order valence-electron chi connectivity index (χ1n) is 5.37. The lowest BCUT2D eigenvalue weighted by Gasteiger charge is -2.20. The van der Waals surface area contributed by atoms with Crippen molar-refractivity contribution in [3.63, 3.8) is 0 Å². The van der Waals surface area contributed by atoms with E-state index in [4.69, 9.17) is 4.74 Å². The number of carbonyl (C=O) groups is 1. The highest BCUT2D eigenvalue weighted by Crippen LogP contribution is 2.21. The number of ether oxygens (including phenoxy) is 1. The molecule has 0 saturated carbocycles. The summed E-state index contributed by atoms with van der Waals surface area (Å²) in [4.78, 5) is 10.9. The Morgan fingerprint density at radius 3 is 2.33 bits per heavy atom. The second-order valence-electron chi connectivity index (χ2n) is 4.88. The zero-order valence-electron chi connectivity index (χ0n) is 10.9. The molecule has 1 aromatic rings. The molecule has 0 aliphatic carbocycles. The fraction of sp³-hybridized carbons (Fsp3) is 0.417. The largest absolute Gasteiger partial charge is 0.496 e. The summed E-state index contributed by atoms with van der Waals surface area (Å²) in [5, 5.41) is 0. The van der Waals surface area contributed by atoms with Crippen molar-refractivity contribution in [2.24, 2.45) is 0 Å². The van der Waals surface area contributed by atoms with Crippen LogP contribution in [0.15, 0.2) is 23.1 Å². The molecule has 0 atom stereocenters. The molecule has 0 aromatic heterocycles. The molecule has 0 bridgehead atoms. The van der Waals surface area contributed by atoms with Gasteiger partial charge in [0.1, 0.15) is 5.75 Å². The lowest BCUT2D eigenvalue weighted by atomic mass is 10.1. The number of methoxy groups -OCH3 is 1. The summed E-state index contributed by atoms with van der Waals surface area (Å²) in [6.45, 7) is 5.23. The molecule has 0 aliphatic heterocycles. The van der Waals surface area contributed by atoms with Crippen LogP contribution < -0.4 is 9.46 Å². The molecule has 1 N–H and O–H groups in total. The summed E-state index contributed by atoms with van der Waals surface area (Å²) in [5.41, 5.74) is -0.380. The number of hydrogen-bond acceptors (Lipinski definition) is 4. The SMILES string of the molecule is COc1ccc(S(=O)(=O)NC(C)(C)C)cc1C=O. The standard InChI is InChI=1S/C12H17NO4S/c1-12(2,3)13-18(15,16)10-5-6-11(17-4)9(7-10)8-14/h5-8,13H,1-4H3. The minimum absolute atomic E-state index is 0.0420. The highest BCUT2D eigenvalue weighted by molar-refractivity contribution is 7.89. The van der Waals surface area contributed by atoms with E-state index < -0.39 is 15.6 Å². The van der Waals surface area contributed by atoms with Gasteiger partial charge < -0.3 is 4.74 Å². The Labute approximate surface area is 107 Å². The summed E-state index contributed by atoms with van der Waals surface area (Å²) in [7, 11) is -2.22. The van der Waals surface area contributed by atoms with Gasteiger partial charge in [-0.2, -0.15) is 0 Å². The second kappa shape index (κ2) is 5.07. The van der Waals surface area contributed by atoms with E-state index in [0.29, 0.717) is 12.0 Å². The van der Waals surface area contributed by atoms with Gasteiger partial charge in [-0.1, -0.05) is 0 Å². The highest BCUT2D eigenvalue weighted by atomic mass is 32.2. The Hall–Kier alpha value is -1.40. The third-order valence-electron chi connectivity index (χ3n) is 2.08. The van der Waals surface area contributed by atoms with E-state index in [-0.39, 0.29) is 10.5 Å². The quantitative estimate of drug-likeness (QED) is 0.844. The van der Waals surface area contributed by atoms with Crippen LogP contribution in [0.5, 0.6) is 5.75 Å². The van der Waals surface area contributed by atoms with Crippen LogP contribution in [0.2, 0.25) is 0 Å². The summed E-state index contributed by atoms with van der Waals surface area (Å²) >= 11 is 0. The first kappa shape index (κ1) is 14.7. The number of benzene rings is 1. The number of sulfonamides is 1. The van der Waals surface area contributed by atoms with Crippen molar-refractivity contribution >= 4 is 16.3 Å². The topological polar surface area (TPSA) is 72.5 Å². The first-order chi connectivity index (χ1) is 8.19. The molecule has 0 aliphatic rings. The normalized spacial score (nSPS) is 12.2. The zero-order chi connectivity index (χ0) is 14.0. The van der Waals surface area contributed by atoms with Gasteiger partial charge in [-0.05, 0) is 39.0 Å². The van der Waals surface area contributed by atoms with Gasteiger partial charge in [0.25, 0.3) is 0 Å². The average Bonchev–Trinajstić information content (AvgIpc) is 2.24. The average molecular weight is 271 g/mol. The Kier molecular flexibility index (Phi) is 4.13. The van der Waals surface area contributed by atoms with Crippen LogP contribution in [0.3, 0.4) is 0 Å². The van der Waals surface area contributed by atoms with Gasteiger partial charge in [0.05, 0.1) is 17.6 Å². The lowest BCUT2D eigenvalue weighted by Crippen LogP contribution is -2.40. The van der Waals surface area contributed by atoms with Crippen molar-refractivity contribution in [2.75, 3.05) is 7.11 Å². The van der Waals surface area contributed by atoms with Crippen LogP contribution in [0, 0.1) is 0 Å². The van der Waals surface area contributed by atoms with Crippen molar-refractivity contribution < 1.29 is 17.9 Å². The number of rotatable bonds is 4. The highest BCUT2D eigenvalue weighted by Gasteiger charge is 2.22. The van der Waals surface area contributed by atoms with E-state index in [9.17, 15) is 13.2 Å². The van der Waals surface area contributed by atoms with Crippen LogP contribution in [0.1, 0.15) is 31.1 Å². The Morgan fingerprint density at radius 1 is 1.28 bits per heavy atom. The number of carbonyl (C=O) groups excluding carboxylic acids is 1. The third-order valence-corrected chi connectivity index (χ3v) is 3.83. The maximum Gasteiger partial charge on any atom is 0.241 e. The summed E-state index contributed by atoms with van der Waals surface area (Å²) in [6, 6.07) is 4.15. The predicted octanol–water partition coefficient (Wildman–Crippen LogP) is 1.58. The second-order valence-corrected chi connectivity index (χ2v) is 6.56.